The van der Waals surface area contributed by atoms with E-state index in [2.05, 4.69) is 15.3 Å². The summed E-state index contributed by atoms with van der Waals surface area (Å²) in [7, 11) is 0. The normalized spacial score (nSPS) is 19.1. The van der Waals surface area contributed by atoms with E-state index >= 15 is 0 Å². The largest absolute Gasteiger partial charge is 0.379 e. The Hall–Kier alpha value is -2.77. The Kier molecular flexibility index (Phi) is 6.73. The molecule has 0 bridgehead atoms. The van der Waals surface area contributed by atoms with Crippen LogP contribution in [0.1, 0.15) is 30.6 Å². The lowest BCUT2D eigenvalue weighted by molar-refractivity contribution is -0.0457. The minimum Gasteiger partial charge on any atom is -0.379 e. The molecule has 0 saturated carbocycles. The first-order valence-electron chi connectivity index (χ1n) is 9.36. The Morgan fingerprint density at radius 3 is 2.89 bits per heavy atom. The summed E-state index contributed by atoms with van der Waals surface area (Å²) in [6.45, 7) is 5.59. The number of nitrogens with one attached hydrogen (secondary N) is 1. The van der Waals surface area contributed by atoms with Crippen LogP contribution in [0, 0.1) is 0 Å². The number of benzene rings is 1. The molecule has 1 aromatic heterocycles. The molecule has 148 valence electrons. The van der Waals surface area contributed by atoms with Gasteiger partial charge in [0.25, 0.3) is 5.91 Å². The second-order valence-electron chi connectivity index (χ2n) is 6.95. The maximum absolute atomic E-state index is 13.0. The molecule has 7 nitrogen and oxygen atoms in total. The van der Waals surface area contributed by atoms with E-state index in [0.717, 1.165) is 12.0 Å². The first-order valence-corrected chi connectivity index (χ1v) is 9.36. The quantitative estimate of drug-likeness (QED) is 0.745. The van der Waals surface area contributed by atoms with Crippen LogP contribution in [0.25, 0.3) is 11.3 Å². The second-order valence-corrected chi connectivity index (χ2v) is 6.95. The highest BCUT2D eigenvalue weighted by molar-refractivity contribution is 6.00. The predicted octanol–water partition coefficient (Wildman–Crippen LogP) is 2.60. The van der Waals surface area contributed by atoms with E-state index in [0.29, 0.717) is 31.1 Å². The van der Waals surface area contributed by atoms with Crippen molar-refractivity contribution in [1.29, 1.82) is 0 Å². The smallest absolute Gasteiger partial charge is 0.255 e. The summed E-state index contributed by atoms with van der Waals surface area (Å²) >= 11 is 0. The zero-order valence-electron chi connectivity index (χ0n) is 16.2. The summed E-state index contributed by atoms with van der Waals surface area (Å²) in [6, 6.07) is 9.20. The van der Waals surface area contributed by atoms with E-state index in [1.54, 1.807) is 0 Å². The average molecular weight is 382 g/mol. The van der Waals surface area contributed by atoms with Crippen molar-refractivity contribution in [2.45, 2.75) is 32.4 Å². The highest BCUT2D eigenvalue weighted by Gasteiger charge is 2.29. The molecule has 1 aromatic carbocycles. The van der Waals surface area contributed by atoms with E-state index in [1.807, 2.05) is 50.3 Å². The van der Waals surface area contributed by atoms with Gasteiger partial charge in [-0.1, -0.05) is 42.0 Å². The lowest BCUT2D eigenvalue weighted by atomic mass is 10.0. The molecule has 0 unspecified atom stereocenters. The fourth-order valence-electron chi connectivity index (χ4n) is 3.01. The molecule has 1 aliphatic rings. The number of amides is 1. The standard InChI is InChI=1S/C21H26N4O3/c1-14(2)8-11-28-18-9-10-27-13-17(18)24-20(26)16-12-23-21(22)25-19(16)15-6-4-3-5-7-15/h3-8,12,17-18H,9-11,13H2,1-2H3,(H,24,26)(H2,22,23,25)/t17-,18+/m1/s1. The number of nitrogens with zero attached hydrogens (tertiary/aromatic N) is 2. The highest BCUT2D eigenvalue weighted by atomic mass is 16.5. The molecule has 7 heteroatoms. The number of carbonyl (C=O) groups is 1. The van der Waals surface area contributed by atoms with Gasteiger partial charge in [-0.25, -0.2) is 9.97 Å². The number of allylic oxidation sites excluding steroid dienone is 1. The molecule has 1 saturated heterocycles. The van der Waals surface area contributed by atoms with E-state index < -0.39 is 0 Å². The minimum absolute atomic E-state index is 0.108. The van der Waals surface area contributed by atoms with Crippen molar-refractivity contribution < 1.29 is 14.3 Å². The zero-order chi connectivity index (χ0) is 19.9. The highest BCUT2D eigenvalue weighted by Crippen LogP contribution is 2.22. The fraction of sp³-hybridized carbons (Fsp3) is 0.381. The second kappa shape index (κ2) is 9.43. The van der Waals surface area contributed by atoms with Gasteiger partial charge in [0.2, 0.25) is 5.95 Å². The van der Waals surface area contributed by atoms with E-state index in [-0.39, 0.29) is 24.0 Å². The third-order valence-corrected chi connectivity index (χ3v) is 4.51. The number of anilines is 1. The molecule has 0 spiro atoms. The van der Waals surface area contributed by atoms with Gasteiger partial charge in [-0.2, -0.15) is 0 Å². The molecule has 1 amide bonds. The van der Waals surface area contributed by atoms with Crippen molar-refractivity contribution in [3.05, 3.63) is 53.7 Å². The molecule has 28 heavy (non-hydrogen) atoms. The van der Waals surface area contributed by atoms with E-state index in [1.165, 1.54) is 11.8 Å². The molecule has 2 atom stereocenters. The molecule has 0 aliphatic carbocycles. The van der Waals surface area contributed by atoms with Crippen LogP contribution < -0.4 is 11.1 Å². The Morgan fingerprint density at radius 1 is 1.36 bits per heavy atom. The molecule has 2 aromatic rings. The summed E-state index contributed by atoms with van der Waals surface area (Å²) in [6.07, 6.45) is 4.10. The maximum Gasteiger partial charge on any atom is 0.255 e. The minimum atomic E-state index is -0.273. The van der Waals surface area contributed by atoms with Crippen LogP contribution in [-0.4, -0.2) is 47.8 Å². The fourth-order valence-corrected chi connectivity index (χ4v) is 3.01. The predicted molar refractivity (Wildman–Crippen MR) is 108 cm³/mol. The van der Waals surface area contributed by atoms with Crippen LogP contribution in [0.3, 0.4) is 0 Å². The van der Waals surface area contributed by atoms with Gasteiger partial charge in [0.1, 0.15) is 0 Å². The summed E-state index contributed by atoms with van der Waals surface area (Å²) in [4.78, 5) is 21.3. The van der Waals surface area contributed by atoms with Crippen LogP contribution in [-0.2, 0) is 9.47 Å². The van der Waals surface area contributed by atoms with Gasteiger partial charge in [0.05, 0.1) is 36.6 Å². The van der Waals surface area contributed by atoms with Crippen LogP contribution >= 0.6 is 0 Å². The summed E-state index contributed by atoms with van der Waals surface area (Å²) in [5.41, 5.74) is 8.62. The Labute approximate surface area is 165 Å². The zero-order valence-corrected chi connectivity index (χ0v) is 16.2. The van der Waals surface area contributed by atoms with Gasteiger partial charge in [-0.05, 0) is 20.3 Å². The molecule has 0 radical (unpaired) electrons. The van der Waals surface area contributed by atoms with Gasteiger partial charge in [0.15, 0.2) is 0 Å². The van der Waals surface area contributed by atoms with Gasteiger partial charge in [-0.3, -0.25) is 4.79 Å². The molecule has 2 heterocycles. The summed E-state index contributed by atoms with van der Waals surface area (Å²) < 4.78 is 11.5. The van der Waals surface area contributed by atoms with Crippen molar-refractivity contribution in [3.8, 4) is 11.3 Å². The Morgan fingerprint density at radius 2 is 2.14 bits per heavy atom. The van der Waals surface area contributed by atoms with Crippen molar-refractivity contribution in [2.75, 3.05) is 25.6 Å². The van der Waals surface area contributed by atoms with Crippen LogP contribution in [0.15, 0.2) is 48.2 Å². The number of ether oxygens (including phenoxy) is 2. The number of carbonyl (C=O) groups excluding carboxylic acids is 1. The molecule has 1 fully saturated rings. The van der Waals surface area contributed by atoms with Crippen molar-refractivity contribution in [1.82, 2.24) is 15.3 Å². The number of nitrogen functional groups attached to an aromatic ring is 1. The van der Waals surface area contributed by atoms with E-state index in [4.69, 9.17) is 15.2 Å². The SMILES string of the molecule is CC(C)=CCO[C@H]1CCOC[C@H]1NC(=O)c1cnc(N)nc1-c1ccccc1. The number of nitrogens with two attached hydrogens (primary N) is 1. The molecule has 3 N–H and O–H groups in total. The first kappa shape index (κ1) is 20.0. The van der Waals surface area contributed by atoms with Crippen LogP contribution in [0.5, 0.6) is 0 Å². The van der Waals surface area contributed by atoms with Crippen LogP contribution in [0.4, 0.5) is 5.95 Å². The topological polar surface area (TPSA) is 99.4 Å². The third kappa shape index (κ3) is 5.15. The summed E-state index contributed by atoms with van der Waals surface area (Å²) in [5, 5.41) is 3.02. The van der Waals surface area contributed by atoms with Crippen molar-refractivity contribution in [3.63, 3.8) is 0 Å². The lowest BCUT2D eigenvalue weighted by Gasteiger charge is -2.32. The number of hydrogen-bond donors (Lipinski definition) is 2. The van der Waals surface area contributed by atoms with Crippen molar-refractivity contribution in [2.24, 2.45) is 0 Å². The average Bonchev–Trinajstić information content (AvgIpc) is 2.69. The Balaban J connectivity index is 1.77. The van der Waals surface area contributed by atoms with Crippen LogP contribution in [0.2, 0.25) is 0 Å². The molecule has 3 rings (SSSR count). The van der Waals surface area contributed by atoms with Crippen molar-refractivity contribution >= 4 is 11.9 Å². The summed E-state index contributed by atoms with van der Waals surface area (Å²) in [5.74, 6) is -0.149. The number of aromatic nitrogens is 2. The van der Waals surface area contributed by atoms with Gasteiger partial charge in [0, 0.05) is 18.4 Å². The first-order chi connectivity index (χ1) is 13.5. The Bertz CT molecular complexity index is 835. The van der Waals surface area contributed by atoms with Gasteiger partial charge in [-0.15, -0.1) is 0 Å². The lowest BCUT2D eigenvalue weighted by Crippen LogP contribution is -2.50. The third-order valence-electron chi connectivity index (χ3n) is 4.51. The molecule has 1 aliphatic heterocycles. The van der Waals surface area contributed by atoms with E-state index in [9.17, 15) is 4.79 Å². The molecular formula is C21H26N4O3. The monoisotopic (exact) mass is 382 g/mol. The molecular weight excluding hydrogens is 356 g/mol. The maximum atomic E-state index is 13.0. The van der Waals surface area contributed by atoms with Gasteiger partial charge < -0.3 is 20.5 Å². The van der Waals surface area contributed by atoms with Gasteiger partial charge >= 0.3 is 0 Å². The number of rotatable bonds is 6. The number of hydrogen-bond acceptors (Lipinski definition) is 6.